The summed E-state index contributed by atoms with van der Waals surface area (Å²) in [5.74, 6) is -1.32. The molecule has 2 aromatic heterocycles. The van der Waals surface area contributed by atoms with Crippen LogP contribution in [0.3, 0.4) is 0 Å². The summed E-state index contributed by atoms with van der Waals surface area (Å²) in [5.41, 5.74) is 1.79. The number of ether oxygens (including phenoxy) is 1. The van der Waals surface area contributed by atoms with Gasteiger partial charge in [0.25, 0.3) is 5.91 Å². The topological polar surface area (TPSA) is 81.9 Å². The summed E-state index contributed by atoms with van der Waals surface area (Å²) in [7, 11) is 1.49. The van der Waals surface area contributed by atoms with Crippen molar-refractivity contribution in [1.29, 1.82) is 0 Å². The summed E-state index contributed by atoms with van der Waals surface area (Å²) in [5, 5.41) is 7.53. The normalized spacial score (nSPS) is 11.8. The van der Waals surface area contributed by atoms with E-state index >= 15 is 0 Å². The molecule has 0 saturated carbocycles. The van der Waals surface area contributed by atoms with Crippen molar-refractivity contribution in [3.63, 3.8) is 0 Å². The Bertz CT molecular complexity index is 1730. The molecule has 0 saturated heterocycles. The van der Waals surface area contributed by atoms with E-state index < -0.39 is 23.3 Å². The lowest BCUT2D eigenvalue weighted by atomic mass is 9.92. The van der Waals surface area contributed by atoms with Gasteiger partial charge in [0.05, 0.1) is 24.1 Å². The van der Waals surface area contributed by atoms with Gasteiger partial charge in [-0.3, -0.25) is 4.79 Å². The van der Waals surface area contributed by atoms with Gasteiger partial charge in [-0.2, -0.15) is 23.0 Å². The molecule has 3 aromatic carbocycles. The van der Waals surface area contributed by atoms with Crippen LogP contribution in [0.15, 0.2) is 91.0 Å². The average Bonchev–Trinajstić information content (AvgIpc) is 3.41. The highest BCUT2D eigenvalue weighted by Gasteiger charge is 2.38. The molecule has 0 fully saturated rings. The van der Waals surface area contributed by atoms with E-state index in [2.05, 4.69) is 15.3 Å². The largest absolute Gasteiger partial charge is 0.497 e. The number of anilines is 1. The summed E-state index contributed by atoms with van der Waals surface area (Å²) >= 11 is 0. The number of nitrogens with one attached hydrogen (secondary N) is 1. The highest BCUT2D eigenvalue weighted by Crippen LogP contribution is 2.39. The van der Waals surface area contributed by atoms with Crippen molar-refractivity contribution in [3.8, 4) is 34.0 Å². The van der Waals surface area contributed by atoms with Gasteiger partial charge >= 0.3 is 6.18 Å². The molecule has 2 heterocycles. The lowest BCUT2D eigenvalue weighted by Crippen LogP contribution is -2.19. The van der Waals surface area contributed by atoms with Crippen LogP contribution in [0.4, 0.5) is 19.0 Å². The van der Waals surface area contributed by atoms with Gasteiger partial charge in [0.2, 0.25) is 5.82 Å². The minimum Gasteiger partial charge on any atom is -0.497 e. The molecular formula is C32H28F3N5O2. The second kappa shape index (κ2) is 11.1. The third-order valence-corrected chi connectivity index (χ3v) is 6.51. The monoisotopic (exact) mass is 571 g/mol. The predicted octanol–water partition coefficient (Wildman–Crippen LogP) is 7.57. The Morgan fingerprint density at radius 1 is 0.833 bits per heavy atom. The zero-order valence-electron chi connectivity index (χ0n) is 23.4. The highest BCUT2D eigenvalue weighted by atomic mass is 19.4. The average molecular weight is 572 g/mol. The first-order valence-corrected chi connectivity index (χ1v) is 13.1. The fourth-order valence-corrected chi connectivity index (χ4v) is 4.36. The van der Waals surface area contributed by atoms with Gasteiger partial charge in [0.15, 0.2) is 5.82 Å². The number of carbonyl (C=O) groups excluding carboxylic acids is 1. The number of carbonyl (C=O) groups is 1. The van der Waals surface area contributed by atoms with Gasteiger partial charge < -0.3 is 10.1 Å². The molecule has 1 N–H and O–H groups in total. The minimum atomic E-state index is -4.85. The first-order valence-electron chi connectivity index (χ1n) is 13.1. The number of aromatic nitrogens is 4. The third-order valence-electron chi connectivity index (χ3n) is 6.51. The molecule has 5 aromatic rings. The molecule has 214 valence electrons. The summed E-state index contributed by atoms with van der Waals surface area (Å²) in [6.07, 6.45) is -4.85. The lowest BCUT2D eigenvalue weighted by Gasteiger charge is -2.19. The Labute approximate surface area is 241 Å². The van der Waals surface area contributed by atoms with E-state index in [9.17, 15) is 18.0 Å². The lowest BCUT2D eigenvalue weighted by molar-refractivity contribution is -0.144. The van der Waals surface area contributed by atoms with E-state index in [0.29, 0.717) is 33.7 Å². The zero-order chi connectivity index (χ0) is 30.1. The maximum atomic E-state index is 14.3. The first-order chi connectivity index (χ1) is 20.0. The second-order valence-corrected chi connectivity index (χ2v) is 10.6. The van der Waals surface area contributed by atoms with E-state index in [1.807, 2.05) is 26.8 Å². The molecule has 0 aliphatic heterocycles. The zero-order valence-corrected chi connectivity index (χ0v) is 23.4. The van der Waals surface area contributed by atoms with Gasteiger partial charge in [-0.25, -0.2) is 9.97 Å². The number of halogens is 3. The number of hydrogen-bond donors (Lipinski definition) is 1. The number of benzene rings is 3. The summed E-state index contributed by atoms with van der Waals surface area (Å²) < 4.78 is 49.3. The molecule has 5 rings (SSSR count). The molecule has 0 bridgehead atoms. The van der Waals surface area contributed by atoms with Crippen molar-refractivity contribution in [2.75, 3.05) is 12.4 Å². The quantitative estimate of drug-likeness (QED) is 0.227. The first kappa shape index (κ1) is 28.5. The molecule has 10 heteroatoms. The summed E-state index contributed by atoms with van der Waals surface area (Å²) in [6, 6.07) is 25.7. The predicted molar refractivity (Wildman–Crippen MR) is 155 cm³/mol. The molecule has 1 amide bonds. The molecule has 0 unspecified atom stereocenters. The Morgan fingerprint density at radius 3 is 2.07 bits per heavy atom. The van der Waals surface area contributed by atoms with Crippen LogP contribution in [0.2, 0.25) is 0 Å². The third kappa shape index (κ3) is 5.88. The van der Waals surface area contributed by atoms with Crippen LogP contribution in [-0.2, 0) is 11.6 Å². The number of amides is 1. The van der Waals surface area contributed by atoms with E-state index in [0.717, 1.165) is 0 Å². The number of methoxy groups -OCH3 is 1. The van der Waals surface area contributed by atoms with Crippen molar-refractivity contribution in [1.82, 2.24) is 19.7 Å². The number of nitrogens with zero attached hydrogens (tertiary/aromatic N) is 4. The Balaban J connectivity index is 1.80. The molecule has 0 atom stereocenters. The van der Waals surface area contributed by atoms with Gasteiger partial charge in [-0.15, -0.1) is 0 Å². The maximum absolute atomic E-state index is 14.3. The van der Waals surface area contributed by atoms with Crippen LogP contribution in [0.1, 0.15) is 42.6 Å². The second-order valence-electron chi connectivity index (χ2n) is 10.6. The summed E-state index contributed by atoms with van der Waals surface area (Å²) in [4.78, 5) is 21.4. The smallest absolute Gasteiger partial charge is 0.451 e. The number of hydrogen-bond acceptors (Lipinski definition) is 5. The Morgan fingerprint density at radius 2 is 1.48 bits per heavy atom. The van der Waals surface area contributed by atoms with Crippen molar-refractivity contribution in [3.05, 3.63) is 108 Å². The maximum Gasteiger partial charge on any atom is 0.451 e. The van der Waals surface area contributed by atoms with Crippen molar-refractivity contribution < 1.29 is 22.7 Å². The molecule has 0 spiro atoms. The molecule has 0 radical (unpaired) electrons. The van der Waals surface area contributed by atoms with E-state index in [1.165, 1.54) is 11.8 Å². The SMILES string of the molecule is COc1cccc(C(=O)Nc2cc(C(C)(C)C)nn2-c2nc(C(F)(F)F)nc(-c3ccccc3)c2-c2ccccc2)c1. The van der Waals surface area contributed by atoms with Crippen LogP contribution >= 0.6 is 0 Å². The van der Waals surface area contributed by atoms with Gasteiger partial charge in [-0.1, -0.05) is 87.5 Å². The van der Waals surface area contributed by atoms with Crippen LogP contribution in [0, 0.1) is 0 Å². The summed E-state index contributed by atoms with van der Waals surface area (Å²) in [6.45, 7) is 5.76. The van der Waals surface area contributed by atoms with Gasteiger partial charge in [0, 0.05) is 22.6 Å². The van der Waals surface area contributed by atoms with Crippen molar-refractivity contribution in [2.24, 2.45) is 0 Å². The fourth-order valence-electron chi connectivity index (χ4n) is 4.36. The molecule has 0 aliphatic carbocycles. The molecule has 0 aliphatic rings. The standard InChI is InChI=1S/C32H28F3N5O2/c1-31(2,3)24-19-25(36-29(41)22-16-11-17-23(18-22)42-4)40(39-24)28-26(20-12-7-5-8-13-20)27(21-14-9-6-10-15-21)37-30(38-28)32(33,34)35/h5-19H,1-4H3,(H,36,41). The number of rotatable bonds is 6. The fraction of sp³-hybridized carbons (Fsp3) is 0.188. The minimum absolute atomic E-state index is 0.0806. The number of alkyl halides is 3. The van der Waals surface area contributed by atoms with Crippen LogP contribution in [0.25, 0.3) is 28.2 Å². The van der Waals surface area contributed by atoms with Crippen LogP contribution < -0.4 is 10.1 Å². The van der Waals surface area contributed by atoms with Gasteiger partial charge in [0.1, 0.15) is 11.6 Å². The van der Waals surface area contributed by atoms with Crippen LogP contribution in [0.5, 0.6) is 5.75 Å². The van der Waals surface area contributed by atoms with E-state index in [4.69, 9.17) is 9.84 Å². The molecule has 7 nitrogen and oxygen atoms in total. The van der Waals surface area contributed by atoms with Crippen molar-refractivity contribution >= 4 is 11.7 Å². The highest BCUT2D eigenvalue weighted by molar-refractivity contribution is 6.04. The van der Waals surface area contributed by atoms with Crippen LogP contribution in [-0.4, -0.2) is 32.8 Å². The molecule has 42 heavy (non-hydrogen) atoms. The Kier molecular flexibility index (Phi) is 7.55. The Hall–Kier alpha value is -4.99. The van der Waals surface area contributed by atoms with E-state index in [-0.39, 0.29) is 17.3 Å². The van der Waals surface area contributed by atoms with Gasteiger partial charge in [-0.05, 0) is 23.8 Å². The van der Waals surface area contributed by atoms with E-state index in [1.54, 1.807) is 84.9 Å². The van der Waals surface area contributed by atoms with Crippen molar-refractivity contribution in [2.45, 2.75) is 32.4 Å². The molecular weight excluding hydrogens is 543 g/mol.